The third-order valence-corrected chi connectivity index (χ3v) is 7.68. The van der Waals surface area contributed by atoms with Gasteiger partial charge in [0.1, 0.15) is 18.0 Å². The molecule has 0 spiro atoms. The van der Waals surface area contributed by atoms with Crippen molar-refractivity contribution in [2.45, 2.75) is 20.1 Å². The van der Waals surface area contributed by atoms with E-state index in [1.807, 2.05) is 60.4 Å². The van der Waals surface area contributed by atoms with Crippen LogP contribution in [0.4, 0.5) is 0 Å². The van der Waals surface area contributed by atoms with E-state index >= 15 is 0 Å². The number of nitrogens with zero attached hydrogens (tertiary/aromatic N) is 4. The summed E-state index contributed by atoms with van der Waals surface area (Å²) in [5.74, 6) is 0.910. The van der Waals surface area contributed by atoms with Crippen molar-refractivity contribution >= 4 is 11.6 Å². The maximum absolute atomic E-state index is 12.8. The van der Waals surface area contributed by atoms with E-state index in [1.54, 1.807) is 0 Å². The molecule has 1 fully saturated rings. The van der Waals surface area contributed by atoms with E-state index in [0.717, 1.165) is 64.7 Å². The molecular weight excluding hydrogens is 524 g/mol. The van der Waals surface area contributed by atoms with Crippen LogP contribution in [0, 0.1) is 0 Å². The maximum Gasteiger partial charge on any atom is 0.248 e. The fraction of sp³-hybridized carbons (Fsp3) is 0.257. The topological polar surface area (TPSA) is 59.3 Å². The second kappa shape index (κ2) is 13.0. The zero-order chi connectivity index (χ0) is 28.7. The van der Waals surface area contributed by atoms with Crippen molar-refractivity contribution in [1.29, 1.82) is 0 Å². The number of benzene rings is 3. The van der Waals surface area contributed by atoms with Crippen molar-refractivity contribution in [3.63, 3.8) is 0 Å². The summed E-state index contributed by atoms with van der Waals surface area (Å²) in [5, 5.41) is 0. The monoisotopic (exact) mass is 560 g/mol. The average Bonchev–Trinajstić information content (AvgIpc) is 3.40. The first-order valence-corrected chi connectivity index (χ1v) is 14.6. The van der Waals surface area contributed by atoms with Crippen molar-refractivity contribution in [2.24, 2.45) is 0 Å². The van der Waals surface area contributed by atoms with Gasteiger partial charge in [-0.2, -0.15) is 0 Å². The lowest BCUT2D eigenvalue weighted by molar-refractivity contribution is -0.138. The molecule has 7 nitrogen and oxygen atoms in total. The molecule has 0 aliphatic carbocycles. The second-order valence-electron chi connectivity index (χ2n) is 10.5. The summed E-state index contributed by atoms with van der Waals surface area (Å²) < 4.78 is 13.7. The molecule has 5 aromatic rings. The first-order valence-electron chi connectivity index (χ1n) is 14.6. The molecule has 0 atom stereocenters. The van der Waals surface area contributed by atoms with Gasteiger partial charge in [-0.05, 0) is 47.9 Å². The molecule has 1 aliphatic rings. The van der Waals surface area contributed by atoms with Crippen molar-refractivity contribution in [1.82, 2.24) is 19.2 Å². The number of imidazole rings is 1. The van der Waals surface area contributed by atoms with E-state index in [9.17, 15) is 4.79 Å². The van der Waals surface area contributed by atoms with Gasteiger partial charge >= 0.3 is 0 Å². The van der Waals surface area contributed by atoms with E-state index < -0.39 is 0 Å². The third kappa shape index (κ3) is 6.38. The molecular formula is C35H36N4O3. The summed E-state index contributed by atoms with van der Waals surface area (Å²) in [4.78, 5) is 22.2. The van der Waals surface area contributed by atoms with Crippen LogP contribution in [-0.4, -0.2) is 64.5 Å². The Morgan fingerprint density at radius 2 is 1.55 bits per heavy atom. The number of hydrogen-bond acceptors (Lipinski definition) is 5. The summed E-state index contributed by atoms with van der Waals surface area (Å²) in [6.07, 6.45) is 2.18. The average molecular weight is 561 g/mol. The predicted molar refractivity (Wildman–Crippen MR) is 165 cm³/mol. The number of fused-ring (bicyclic) bond motifs is 1. The first kappa shape index (κ1) is 27.7. The van der Waals surface area contributed by atoms with Gasteiger partial charge in [-0.25, -0.2) is 4.98 Å². The first-order chi connectivity index (χ1) is 20.7. The van der Waals surface area contributed by atoms with Gasteiger partial charge in [0.25, 0.3) is 0 Å². The summed E-state index contributed by atoms with van der Waals surface area (Å²) >= 11 is 0. The lowest BCUT2D eigenvalue weighted by Crippen LogP contribution is -2.49. The molecule has 1 amide bonds. The molecule has 0 saturated carbocycles. The van der Waals surface area contributed by atoms with Crippen LogP contribution in [0.15, 0.2) is 103 Å². The summed E-state index contributed by atoms with van der Waals surface area (Å²) in [5.41, 5.74) is 7.42. The molecule has 0 unspecified atom stereocenters. The van der Waals surface area contributed by atoms with Crippen LogP contribution in [0.3, 0.4) is 0 Å². The number of rotatable bonds is 10. The van der Waals surface area contributed by atoms with E-state index in [0.29, 0.717) is 26.3 Å². The third-order valence-electron chi connectivity index (χ3n) is 7.68. The van der Waals surface area contributed by atoms with Gasteiger partial charge in [0, 0.05) is 44.5 Å². The van der Waals surface area contributed by atoms with E-state index in [1.165, 1.54) is 0 Å². The minimum Gasteiger partial charge on any atom is -0.494 e. The number of piperazine rings is 1. The Balaban J connectivity index is 1.19. The van der Waals surface area contributed by atoms with Crippen LogP contribution in [0.2, 0.25) is 0 Å². The second-order valence-corrected chi connectivity index (χ2v) is 10.5. The Labute approximate surface area is 246 Å². The van der Waals surface area contributed by atoms with Crippen LogP contribution in [0.1, 0.15) is 18.2 Å². The van der Waals surface area contributed by atoms with Crippen molar-refractivity contribution in [3.05, 3.63) is 115 Å². The molecule has 1 saturated heterocycles. The van der Waals surface area contributed by atoms with Crippen LogP contribution in [-0.2, 0) is 22.7 Å². The standard InChI is InChI=1S/C35H36N4O3/c1-2-42-31-15-9-14-29(22-31)30-16-17-33-36-35(28-12-7-4-8-13-28)32(39(33)23-30)24-37-18-20-38(21-19-37)34(40)26-41-25-27-10-5-3-6-11-27/h3-17,22-23H,2,18-21,24-26H2,1H3. The Morgan fingerprint density at radius 3 is 2.31 bits per heavy atom. The fourth-order valence-electron chi connectivity index (χ4n) is 5.46. The molecule has 0 radical (unpaired) electrons. The number of pyridine rings is 1. The molecule has 1 aliphatic heterocycles. The van der Waals surface area contributed by atoms with E-state index in [2.05, 4.69) is 64.0 Å². The van der Waals surface area contributed by atoms with Crippen LogP contribution in [0.5, 0.6) is 5.75 Å². The molecule has 3 aromatic carbocycles. The quantitative estimate of drug-likeness (QED) is 0.212. The molecule has 0 N–H and O–H groups in total. The van der Waals surface area contributed by atoms with Crippen LogP contribution in [0.25, 0.3) is 28.0 Å². The van der Waals surface area contributed by atoms with Gasteiger partial charge in [0.2, 0.25) is 5.91 Å². The minimum absolute atomic E-state index is 0.0456. The lowest BCUT2D eigenvalue weighted by atomic mass is 10.1. The molecule has 42 heavy (non-hydrogen) atoms. The summed E-state index contributed by atoms with van der Waals surface area (Å²) in [6.45, 7) is 6.87. The van der Waals surface area contributed by atoms with Crippen molar-refractivity contribution in [3.8, 4) is 28.1 Å². The Kier molecular flexibility index (Phi) is 8.59. The highest BCUT2D eigenvalue weighted by Gasteiger charge is 2.24. The van der Waals surface area contributed by atoms with Gasteiger partial charge in [-0.15, -0.1) is 0 Å². The van der Waals surface area contributed by atoms with Crippen LogP contribution < -0.4 is 4.74 Å². The number of carbonyl (C=O) groups is 1. The predicted octanol–water partition coefficient (Wildman–Crippen LogP) is 5.93. The zero-order valence-corrected chi connectivity index (χ0v) is 24.0. The fourth-order valence-corrected chi connectivity index (χ4v) is 5.46. The van der Waals surface area contributed by atoms with Gasteiger partial charge in [-0.3, -0.25) is 9.69 Å². The SMILES string of the molecule is CCOc1cccc(-c2ccc3nc(-c4ccccc4)c(CN4CCN(C(=O)COCc5ccccc5)CC4)n3c2)c1. The molecule has 6 rings (SSSR count). The van der Waals surface area contributed by atoms with Crippen molar-refractivity contribution in [2.75, 3.05) is 39.4 Å². The number of aromatic nitrogens is 2. The number of hydrogen-bond donors (Lipinski definition) is 0. The summed E-state index contributed by atoms with van der Waals surface area (Å²) in [7, 11) is 0. The number of ether oxygens (including phenoxy) is 2. The normalized spacial score (nSPS) is 13.9. The van der Waals surface area contributed by atoms with Crippen molar-refractivity contribution < 1.29 is 14.3 Å². The summed E-state index contributed by atoms with van der Waals surface area (Å²) in [6, 6.07) is 32.7. The largest absolute Gasteiger partial charge is 0.494 e. The minimum atomic E-state index is 0.0456. The molecule has 2 aromatic heterocycles. The highest BCUT2D eigenvalue weighted by molar-refractivity contribution is 5.77. The molecule has 214 valence electrons. The number of amides is 1. The van der Waals surface area contributed by atoms with Gasteiger partial charge in [0.05, 0.1) is 24.6 Å². The molecule has 0 bridgehead atoms. The van der Waals surface area contributed by atoms with Gasteiger partial charge < -0.3 is 18.8 Å². The molecule has 3 heterocycles. The van der Waals surface area contributed by atoms with Crippen LogP contribution >= 0.6 is 0 Å². The van der Waals surface area contributed by atoms with E-state index in [-0.39, 0.29) is 12.5 Å². The zero-order valence-electron chi connectivity index (χ0n) is 24.0. The Hall–Kier alpha value is -4.46. The van der Waals surface area contributed by atoms with Gasteiger partial charge in [-0.1, -0.05) is 72.8 Å². The lowest BCUT2D eigenvalue weighted by Gasteiger charge is -2.34. The molecule has 7 heteroatoms. The van der Waals surface area contributed by atoms with Gasteiger partial charge in [0.15, 0.2) is 0 Å². The smallest absolute Gasteiger partial charge is 0.248 e. The highest BCUT2D eigenvalue weighted by atomic mass is 16.5. The Bertz CT molecular complexity index is 1630. The maximum atomic E-state index is 12.8. The number of carbonyl (C=O) groups excluding carboxylic acids is 1. The van der Waals surface area contributed by atoms with E-state index in [4.69, 9.17) is 14.5 Å². The Morgan fingerprint density at radius 1 is 0.810 bits per heavy atom. The highest BCUT2D eigenvalue weighted by Crippen LogP contribution is 2.30.